The molecule has 0 heterocycles. The molecule has 1 atom stereocenters. The molecule has 3 rings (SSSR count). The highest BCUT2D eigenvalue weighted by Gasteiger charge is 2.11. The van der Waals surface area contributed by atoms with Crippen molar-refractivity contribution in [1.82, 2.24) is 0 Å². The summed E-state index contributed by atoms with van der Waals surface area (Å²) >= 11 is 0. The number of rotatable bonds is 0. The van der Waals surface area contributed by atoms with E-state index in [9.17, 15) is 5.11 Å². The van der Waals surface area contributed by atoms with E-state index in [-0.39, 0.29) is 6.10 Å². The zero-order valence-corrected chi connectivity index (χ0v) is 8.35. The Morgan fingerprint density at radius 1 is 1.07 bits per heavy atom. The predicted octanol–water partition coefficient (Wildman–Crippen LogP) is 2.77. The fourth-order valence-corrected chi connectivity index (χ4v) is 2.15. The van der Waals surface area contributed by atoms with Gasteiger partial charge in [0.2, 0.25) is 0 Å². The lowest BCUT2D eigenvalue weighted by Gasteiger charge is -2.15. The van der Waals surface area contributed by atoms with E-state index in [0.717, 1.165) is 6.42 Å². The Bertz CT molecular complexity index is 540. The normalized spacial score (nSPS) is 19.1. The van der Waals surface area contributed by atoms with Gasteiger partial charge in [0.25, 0.3) is 0 Å². The van der Waals surface area contributed by atoms with Gasteiger partial charge >= 0.3 is 0 Å². The highest BCUT2D eigenvalue weighted by Crippen LogP contribution is 2.25. The van der Waals surface area contributed by atoms with Crippen molar-refractivity contribution in [3.63, 3.8) is 0 Å². The molecule has 0 radical (unpaired) electrons. The molecule has 0 aliphatic heterocycles. The van der Waals surface area contributed by atoms with Crippen molar-refractivity contribution < 1.29 is 5.11 Å². The Hall–Kier alpha value is -1.60. The maximum absolute atomic E-state index is 9.54. The quantitative estimate of drug-likeness (QED) is 0.687. The maximum atomic E-state index is 9.54. The number of aliphatic hydroxyl groups is 1. The highest BCUT2D eigenvalue weighted by atomic mass is 16.3. The number of hydrogen-bond acceptors (Lipinski definition) is 1. The number of aliphatic hydroxyl groups excluding tert-OH is 1. The SMILES string of the molecule is OC1C=Cc2cc3ccccc3cc2C1. The van der Waals surface area contributed by atoms with Crippen molar-refractivity contribution >= 4 is 16.8 Å². The van der Waals surface area contributed by atoms with Crippen LogP contribution in [-0.4, -0.2) is 11.2 Å². The molecule has 0 amide bonds. The average molecular weight is 196 g/mol. The molecule has 0 saturated carbocycles. The van der Waals surface area contributed by atoms with E-state index in [1.54, 1.807) is 0 Å². The van der Waals surface area contributed by atoms with Crippen LogP contribution in [-0.2, 0) is 6.42 Å². The lowest BCUT2D eigenvalue weighted by Crippen LogP contribution is -2.11. The van der Waals surface area contributed by atoms with Crippen LogP contribution in [0.1, 0.15) is 11.1 Å². The monoisotopic (exact) mass is 196 g/mol. The third kappa shape index (κ3) is 1.45. The standard InChI is InChI=1S/C14H12O/c15-14-6-5-12-7-10-3-1-2-4-11(10)8-13(12)9-14/h1-8,14-15H,9H2. The second-order valence-corrected chi connectivity index (χ2v) is 4.03. The maximum Gasteiger partial charge on any atom is 0.0764 e. The van der Waals surface area contributed by atoms with Crippen LogP contribution in [0, 0.1) is 0 Å². The molecule has 1 aliphatic carbocycles. The fourth-order valence-electron chi connectivity index (χ4n) is 2.15. The van der Waals surface area contributed by atoms with Crippen LogP contribution in [0.2, 0.25) is 0 Å². The predicted molar refractivity (Wildman–Crippen MR) is 62.7 cm³/mol. The van der Waals surface area contributed by atoms with Gasteiger partial charge in [-0.15, -0.1) is 0 Å². The molecule has 1 unspecified atom stereocenters. The molecule has 2 aromatic rings. The molecular formula is C14H12O. The smallest absolute Gasteiger partial charge is 0.0764 e. The van der Waals surface area contributed by atoms with E-state index in [1.165, 1.54) is 21.9 Å². The van der Waals surface area contributed by atoms with E-state index in [2.05, 4.69) is 30.3 Å². The van der Waals surface area contributed by atoms with E-state index in [1.807, 2.05) is 18.2 Å². The molecular weight excluding hydrogens is 184 g/mol. The molecule has 0 saturated heterocycles. The molecule has 1 nitrogen and oxygen atoms in total. The molecule has 2 aromatic carbocycles. The van der Waals surface area contributed by atoms with Gasteiger partial charge in [0.15, 0.2) is 0 Å². The van der Waals surface area contributed by atoms with E-state index < -0.39 is 0 Å². The molecule has 1 heteroatoms. The highest BCUT2D eigenvalue weighted by molar-refractivity contribution is 5.86. The van der Waals surface area contributed by atoms with Crippen molar-refractivity contribution in [3.8, 4) is 0 Å². The van der Waals surface area contributed by atoms with Gasteiger partial charge in [-0.2, -0.15) is 0 Å². The van der Waals surface area contributed by atoms with Crippen molar-refractivity contribution in [3.05, 3.63) is 53.6 Å². The topological polar surface area (TPSA) is 20.2 Å². The Morgan fingerprint density at radius 3 is 2.60 bits per heavy atom. The summed E-state index contributed by atoms with van der Waals surface area (Å²) in [5, 5.41) is 12.1. The molecule has 74 valence electrons. The van der Waals surface area contributed by atoms with Crippen molar-refractivity contribution in [2.45, 2.75) is 12.5 Å². The Balaban J connectivity index is 2.26. The first-order valence-electron chi connectivity index (χ1n) is 5.21. The van der Waals surface area contributed by atoms with Crippen LogP contribution in [0.4, 0.5) is 0 Å². The van der Waals surface area contributed by atoms with Crippen LogP contribution in [0.3, 0.4) is 0 Å². The number of benzene rings is 2. The summed E-state index contributed by atoms with van der Waals surface area (Å²) in [5.74, 6) is 0. The van der Waals surface area contributed by atoms with Gasteiger partial charge in [0.1, 0.15) is 0 Å². The van der Waals surface area contributed by atoms with Crippen LogP contribution in [0.25, 0.3) is 16.8 Å². The van der Waals surface area contributed by atoms with E-state index >= 15 is 0 Å². The van der Waals surface area contributed by atoms with E-state index in [0.29, 0.717) is 0 Å². The van der Waals surface area contributed by atoms with Crippen molar-refractivity contribution in [1.29, 1.82) is 0 Å². The van der Waals surface area contributed by atoms with Gasteiger partial charge in [-0.05, 0) is 28.0 Å². The minimum Gasteiger partial charge on any atom is -0.389 e. The van der Waals surface area contributed by atoms with Gasteiger partial charge in [-0.25, -0.2) is 0 Å². The molecule has 0 aromatic heterocycles. The third-order valence-corrected chi connectivity index (χ3v) is 2.93. The molecule has 0 bridgehead atoms. The molecule has 1 aliphatic rings. The van der Waals surface area contributed by atoms with Crippen LogP contribution < -0.4 is 0 Å². The van der Waals surface area contributed by atoms with E-state index in [4.69, 9.17) is 0 Å². The summed E-state index contributed by atoms with van der Waals surface area (Å²) in [7, 11) is 0. The molecule has 0 fully saturated rings. The Labute approximate surface area is 88.7 Å². The second kappa shape index (κ2) is 3.21. The first kappa shape index (κ1) is 8.69. The summed E-state index contributed by atoms with van der Waals surface area (Å²) < 4.78 is 0. The molecule has 15 heavy (non-hydrogen) atoms. The molecule has 1 N–H and O–H groups in total. The Morgan fingerprint density at radius 2 is 1.80 bits per heavy atom. The average Bonchev–Trinajstić information content (AvgIpc) is 2.26. The summed E-state index contributed by atoms with van der Waals surface area (Å²) in [4.78, 5) is 0. The van der Waals surface area contributed by atoms with Crippen molar-refractivity contribution in [2.75, 3.05) is 0 Å². The third-order valence-electron chi connectivity index (χ3n) is 2.93. The van der Waals surface area contributed by atoms with Gasteiger partial charge in [-0.3, -0.25) is 0 Å². The van der Waals surface area contributed by atoms with Crippen molar-refractivity contribution in [2.24, 2.45) is 0 Å². The fraction of sp³-hybridized carbons (Fsp3) is 0.143. The zero-order valence-electron chi connectivity index (χ0n) is 8.35. The minimum absolute atomic E-state index is 0.321. The van der Waals surface area contributed by atoms with Crippen LogP contribution >= 0.6 is 0 Å². The lowest BCUT2D eigenvalue weighted by atomic mass is 9.93. The first-order chi connectivity index (χ1) is 7.33. The van der Waals surface area contributed by atoms with Gasteiger partial charge in [0.05, 0.1) is 6.10 Å². The summed E-state index contributed by atoms with van der Waals surface area (Å²) in [6.07, 6.45) is 4.28. The number of fused-ring (bicyclic) bond motifs is 2. The Kier molecular flexibility index (Phi) is 1.86. The molecule has 0 spiro atoms. The summed E-state index contributed by atoms with van der Waals surface area (Å²) in [5.41, 5.74) is 2.47. The second-order valence-electron chi connectivity index (χ2n) is 4.03. The van der Waals surface area contributed by atoms with Gasteiger partial charge in [-0.1, -0.05) is 42.5 Å². The summed E-state index contributed by atoms with van der Waals surface area (Å²) in [6, 6.07) is 12.7. The number of hydrogen-bond donors (Lipinski definition) is 1. The largest absolute Gasteiger partial charge is 0.389 e. The summed E-state index contributed by atoms with van der Waals surface area (Å²) in [6.45, 7) is 0. The van der Waals surface area contributed by atoms with Gasteiger partial charge < -0.3 is 5.11 Å². The van der Waals surface area contributed by atoms with Crippen LogP contribution in [0.15, 0.2) is 42.5 Å². The zero-order chi connectivity index (χ0) is 10.3. The lowest BCUT2D eigenvalue weighted by molar-refractivity contribution is 0.223. The van der Waals surface area contributed by atoms with Gasteiger partial charge in [0, 0.05) is 6.42 Å². The van der Waals surface area contributed by atoms with Crippen LogP contribution in [0.5, 0.6) is 0 Å². The first-order valence-corrected chi connectivity index (χ1v) is 5.21. The minimum atomic E-state index is -0.321.